The average Bonchev–Trinajstić information content (AvgIpc) is 2.60. The van der Waals surface area contributed by atoms with Crippen LogP contribution in [0.3, 0.4) is 0 Å². The number of nitrogens with zero attached hydrogens (tertiary/aromatic N) is 1. The van der Waals surface area contributed by atoms with Gasteiger partial charge in [0, 0.05) is 30.6 Å². The van der Waals surface area contributed by atoms with Crippen LogP contribution in [0.25, 0.3) is 0 Å². The van der Waals surface area contributed by atoms with Crippen molar-refractivity contribution in [1.82, 2.24) is 5.32 Å². The smallest absolute Gasteiger partial charge is 0.228 e. The first kappa shape index (κ1) is 19.5. The van der Waals surface area contributed by atoms with Gasteiger partial charge in [-0.05, 0) is 100 Å². The number of rotatable bonds is 6. The van der Waals surface area contributed by atoms with Gasteiger partial charge in [-0.3, -0.25) is 9.59 Å². The first-order valence-corrected chi connectivity index (χ1v) is 11.1. The lowest BCUT2D eigenvalue weighted by Crippen LogP contribution is -2.53. The largest absolute Gasteiger partial charge is 0.355 e. The molecule has 0 spiro atoms. The lowest BCUT2D eigenvalue weighted by molar-refractivity contribution is -0.146. The lowest BCUT2D eigenvalue weighted by atomic mass is 9.49. The predicted molar refractivity (Wildman–Crippen MR) is 112 cm³/mol. The fourth-order valence-electron chi connectivity index (χ4n) is 6.60. The molecule has 4 aliphatic rings. The molecule has 4 heteroatoms. The summed E-state index contributed by atoms with van der Waals surface area (Å²) in [6, 6.07) is 6.23. The van der Waals surface area contributed by atoms with Crippen molar-refractivity contribution in [3.8, 4) is 0 Å². The highest BCUT2D eigenvalue weighted by Crippen LogP contribution is 2.60. The fraction of sp³-hybridized carbons (Fsp3) is 0.667. The van der Waals surface area contributed by atoms with Crippen molar-refractivity contribution in [2.75, 3.05) is 18.0 Å². The Morgan fingerprint density at radius 1 is 1.00 bits per heavy atom. The third kappa shape index (κ3) is 3.70. The van der Waals surface area contributed by atoms with Gasteiger partial charge >= 0.3 is 0 Å². The van der Waals surface area contributed by atoms with E-state index < -0.39 is 0 Å². The number of aryl methyl sites for hydroxylation is 2. The molecule has 4 saturated carbocycles. The van der Waals surface area contributed by atoms with Crippen LogP contribution in [0, 0.1) is 37.0 Å². The third-order valence-corrected chi connectivity index (χ3v) is 7.28. The van der Waals surface area contributed by atoms with E-state index >= 15 is 0 Å². The molecule has 0 radical (unpaired) electrons. The van der Waals surface area contributed by atoms with E-state index in [-0.39, 0.29) is 17.2 Å². The number of carbonyl (C=O) groups excluding carboxylic acids is 2. The zero-order valence-corrected chi connectivity index (χ0v) is 17.6. The summed E-state index contributed by atoms with van der Waals surface area (Å²) in [5, 5.41) is 3.14. The summed E-state index contributed by atoms with van der Waals surface area (Å²) in [5.41, 5.74) is 3.15. The number of hydrogen-bond acceptors (Lipinski definition) is 2. The molecule has 4 fully saturated rings. The first-order chi connectivity index (χ1) is 13.4. The summed E-state index contributed by atoms with van der Waals surface area (Å²) >= 11 is 0. The van der Waals surface area contributed by atoms with E-state index in [1.165, 1.54) is 19.3 Å². The number of hydrogen-bond donors (Lipinski definition) is 1. The maximum absolute atomic E-state index is 13.0. The molecule has 1 aromatic carbocycles. The lowest BCUT2D eigenvalue weighted by Gasteiger charge is -2.55. The van der Waals surface area contributed by atoms with Gasteiger partial charge in [-0.25, -0.2) is 0 Å². The summed E-state index contributed by atoms with van der Waals surface area (Å²) in [7, 11) is 0. The second-order valence-corrected chi connectivity index (χ2v) is 9.69. The number of nitrogens with one attached hydrogen (secondary N) is 1. The monoisotopic (exact) mass is 382 g/mol. The summed E-state index contributed by atoms with van der Waals surface area (Å²) in [5.74, 6) is 2.59. The van der Waals surface area contributed by atoms with Crippen LogP contribution >= 0.6 is 0 Å². The Morgan fingerprint density at radius 2 is 1.54 bits per heavy atom. The average molecular weight is 383 g/mol. The highest BCUT2D eigenvalue weighted by atomic mass is 16.2. The molecule has 0 atom stereocenters. The topological polar surface area (TPSA) is 49.4 Å². The SMILES string of the molecule is CCN(C(=O)CCNC(=O)C12CC3CC(CC(C3)C1)C2)c1cc(C)cc(C)c1. The van der Waals surface area contributed by atoms with Gasteiger partial charge in [-0.2, -0.15) is 0 Å². The van der Waals surface area contributed by atoms with Gasteiger partial charge in [0.15, 0.2) is 0 Å². The molecular weight excluding hydrogens is 348 g/mol. The molecule has 28 heavy (non-hydrogen) atoms. The van der Waals surface area contributed by atoms with Crippen LogP contribution in [0.15, 0.2) is 18.2 Å². The number of anilines is 1. The summed E-state index contributed by atoms with van der Waals surface area (Å²) < 4.78 is 0. The van der Waals surface area contributed by atoms with Gasteiger partial charge in [0.05, 0.1) is 0 Å². The van der Waals surface area contributed by atoms with E-state index in [4.69, 9.17) is 0 Å². The molecule has 152 valence electrons. The van der Waals surface area contributed by atoms with Crippen LogP contribution in [-0.2, 0) is 9.59 Å². The second kappa shape index (κ2) is 7.53. The van der Waals surface area contributed by atoms with Gasteiger partial charge in [-0.1, -0.05) is 6.07 Å². The molecule has 0 saturated heterocycles. The van der Waals surface area contributed by atoms with E-state index in [0.717, 1.165) is 53.8 Å². The minimum absolute atomic E-state index is 0.0818. The normalized spacial score (nSPS) is 30.3. The molecule has 4 bridgehead atoms. The van der Waals surface area contributed by atoms with Crippen molar-refractivity contribution < 1.29 is 9.59 Å². The van der Waals surface area contributed by atoms with E-state index in [0.29, 0.717) is 19.5 Å². The zero-order chi connectivity index (χ0) is 19.9. The minimum Gasteiger partial charge on any atom is -0.355 e. The Hall–Kier alpha value is -1.84. The predicted octanol–water partition coefficient (Wildman–Crippen LogP) is 4.38. The minimum atomic E-state index is -0.129. The second-order valence-electron chi connectivity index (χ2n) is 9.69. The molecule has 0 aromatic heterocycles. The molecule has 0 heterocycles. The van der Waals surface area contributed by atoms with E-state index in [2.05, 4.69) is 37.4 Å². The quantitative estimate of drug-likeness (QED) is 0.794. The Bertz CT molecular complexity index is 714. The van der Waals surface area contributed by atoms with Crippen LogP contribution < -0.4 is 10.2 Å². The van der Waals surface area contributed by atoms with E-state index in [1.54, 1.807) is 0 Å². The van der Waals surface area contributed by atoms with Crippen LogP contribution in [0.4, 0.5) is 5.69 Å². The molecule has 5 rings (SSSR count). The maximum atomic E-state index is 13.0. The molecule has 1 aromatic rings. The first-order valence-electron chi connectivity index (χ1n) is 11.1. The summed E-state index contributed by atoms with van der Waals surface area (Å²) in [4.78, 5) is 27.7. The van der Waals surface area contributed by atoms with Crippen molar-refractivity contribution >= 4 is 17.5 Å². The van der Waals surface area contributed by atoms with Crippen LogP contribution in [0.2, 0.25) is 0 Å². The van der Waals surface area contributed by atoms with Crippen LogP contribution in [-0.4, -0.2) is 24.9 Å². The Labute approximate surface area is 169 Å². The van der Waals surface area contributed by atoms with Crippen molar-refractivity contribution in [1.29, 1.82) is 0 Å². The summed E-state index contributed by atoms with van der Waals surface area (Å²) in [6.45, 7) is 7.20. The summed E-state index contributed by atoms with van der Waals surface area (Å²) in [6.07, 6.45) is 7.59. The molecule has 4 aliphatic carbocycles. The van der Waals surface area contributed by atoms with Gasteiger partial charge in [-0.15, -0.1) is 0 Å². The fourth-order valence-corrected chi connectivity index (χ4v) is 6.60. The van der Waals surface area contributed by atoms with Crippen molar-refractivity contribution in [2.45, 2.75) is 65.7 Å². The Kier molecular flexibility index (Phi) is 5.24. The van der Waals surface area contributed by atoms with Crippen molar-refractivity contribution in [3.63, 3.8) is 0 Å². The van der Waals surface area contributed by atoms with Gasteiger partial charge in [0.1, 0.15) is 0 Å². The highest BCUT2D eigenvalue weighted by molar-refractivity contribution is 5.94. The molecule has 0 unspecified atom stereocenters. The highest BCUT2D eigenvalue weighted by Gasteiger charge is 2.54. The van der Waals surface area contributed by atoms with Gasteiger partial charge in [0.2, 0.25) is 11.8 Å². The van der Waals surface area contributed by atoms with Gasteiger partial charge in [0.25, 0.3) is 0 Å². The molecule has 1 N–H and O–H groups in total. The standard InChI is InChI=1S/C24H34N2O2/c1-4-26(21-8-16(2)7-17(3)9-21)22(27)5-6-25-23(28)24-13-18-10-19(14-24)12-20(11-18)15-24/h7-9,18-20H,4-6,10-15H2,1-3H3,(H,25,28). The van der Waals surface area contributed by atoms with Crippen LogP contribution in [0.1, 0.15) is 63.0 Å². The molecule has 0 aliphatic heterocycles. The Morgan fingerprint density at radius 3 is 2.04 bits per heavy atom. The Balaban J connectivity index is 1.34. The van der Waals surface area contributed by atoms with Crippen molar-refractivity contribution in [2.24, 2.45) is 23.2 Å². The van der Waals surface area contributed by atoms with E-state index in [9.17, 15) is 9.59 Å². The van der Waals surface area contributed by atoms with Crippen LogP contribution in [0.5, 0.6) is 0 Å². The van der Waals surface area contributed by atoms with Gasteiger partial charge < -0.3 is 10.2 Å². The zero-order valence-electron chi connectivity index (χ0n) is 17.6. The number of amides is 2. The molecule has 4 nitrogen and oxygen atoms in total. The third-order valence-electron chi connectivity index (χ3n) is 7.28. The molecule has 2 amide bonds. The number of carbonyl (C=O) groups is 2. The van der Waals surface area contributed by atoms with E-state index in [1.807, 2.05) is 11.8 Å². The van der Waals surface area contributed by atoms with Crippen molar-refractivity contribution in [3.05, 3.63) is 29.3 Å². The molecular formula is C24H34N2O2. The number of benzene rings is 1. The maximum Gasteiger partial charge on any atom is 0.228 e.